The fourth-order valence-electron chi connectivity index (χ4n) is 1.96. The molecule has 1 N–H and O–H groups in total. The molecule has 0 spiro atoms. The lowest BCUT2D eigenvalue weighted by Gasteiger charge is -2.02. The minimum Gasteiger partial charge on any atom is -0.411 e. The van der Waals surface area contributed by atoms with Gasteiger partial charge in [0.05, 0.1) is 5.75 Å². The third-order valence-electron chi connectivity index (χ3n) is 3.08. The van der Waals surface area contributed by atoms with Gasteiger partial charge in [-0.25, -0.2) is 0 Å². The number of carbonyl (C=O) groups is 1. The van der Waals surface area contributed by atoms with E-state index < -0.39 is 0 Å². The van der Waals surface area contributed by atoms with Gasteiger partial charge in [0.25, 0.3) is 5.22 Å². The Morgan fingerprint density at radius 2 is 2.21 bits per heavy atom. The number of nitrogens with zero attached hydrogens (tertiary/aromatic N) is 2. The van der Waals surface area contributed by atoms with Crippen LogP contribution >= 0.6 is 34.7 Å². The molecule has 3 rings (SSSR count). The van der Waals surface area contributed by atoms with Crippen LogP contribution in [0, 0.1) is 0 Å². The maximum absolute atomic E-state index is 11.8. The number of thioether (sulfide) groups is 1. The van der Waals surface area contributed by atoms with Crippen molar-refractivity contribution in [1.82, 2.24) is 15.5 Å². The zero-order valence-corrected chi connectivity index (χ0v) is 15.0. The van der Waals surface area contributed by atoms with E-state index >= 15 is 0 Å². The Bertz CT molecular complexity index is 805. The second-order valence-corrected chi connectivity index (χ2v) is 7.25. The highest BCUT2D eigenvalue weighted by atomic mass is 35.5. The average Bonchev–Trinajstić information content (AvgIpc) is 3.25. The molecule has 124 valence electrons. The fraction of sp³-hybridized carbons (Fsp3) is 0.188. The first-order valence-corrected chi connectivity index (χ1v) is 9.46. The van der Waals surface area contributed by atoms with Gasteiger partial charge in [-0.3, -0.25) is 4.79 Å². The van der Waals surface area contributed by atoms with E-state index in [2.05, 4.69) is 21.6 Å². The molecule has 0 fully saturated rings. The van der Waals surface area contributed by atoms with E-state index in [-0.39, 0.29) is 11.7 Å². The number of amides is 1. The van der Waals surface area contributed by atoms with E-state index in [9.17, 15) is 4.79 Å². The molecule has 1 aromatic carbocycles. The lowest BCUT2D eigenvalue weighted by Crippen LogP contribution is -2.27. The summed E-state index contributed by atoms with van der Waals surface area (Å²) >= 11 is 8.84. The molecule has 8 heteroatoms. The van der Waals surface area contributed by atoms with Crippen LogP contribution in [-0.2, 0) is 11.2 Å². The monoisotopic (exact) mass is 379 g/mol. The number of aromatic nitrogens is 2. The number of thiophene rings is 1. The second-order valence-electron chi connectivity index (χ2n) is 4.85. The third-order valence-corrected chi connectivity index (χ3v) is 5.07. The number of hydrogen-bond acceptors (Lipinski definition) is 6. The van der Waals surface area contributed by atoms with Gasteiger partial charge >= 0.3 is 0 Å². The Morgan fingerprint density at radius 3 is 3.00 bits per heavy atom. The van der Waals surface area contributed by atoms with Gasteiger partial charge in [0.1, 0.15) is 0 Å². The first-order chi connectivity index (χ1) is 11.7. The summed E-state index contributed by atoms with van der Waals surface area (Å²) in [6.45, 7) is 0.623. The smallest absolute Gasteiger partial charge is 0.277 e. The first kappa shape index (κ1) is 17.0. The van der Waals surface area contributed by atoms with Crippen molar-refractivity contribution >= 4 is 40.6 Å². The highest BCUT2D eigenvalue weighted by Crippen LogP contribution is 2.24. The van der Waals surface area contributed by atoms with Crippen molar-refractivity contribution in [3.8, 4) is 11.5 Å². The molecule has 0 radical (unpaired) electrons. The number of rotatable bonds is 7. The number of nitrogens with one attached hydrogen (secondary N) is 1. The van der Waals surface area contributed by atoms with Crippen LogP contribution < -0.4 is 5.32 Å². The van der Waals surface area contributed by atoms with Crippen LogP contribution in [0.15, 0.2) is 51.4 Å². The molecule has 3 aromatic rings. The Morgan fingerprint density at radius 1 is 1.29 bits per heavy atom. The lowest BCUT2D eigenvalue weighted by molar-refractivity contribution is -0.118. The lowest BCUT2D eigenvalue weighted by atomic mass is 10.2. The maximum atomic E-state index is 11.8. The Balaban J connectivity index is 1.45. The van der Waals surface area contributed by atoms with E-state index in [0.29, 0.717) is 22.7 Å². The summed E-state index contributed by atoms with van der Waals surface area (Å²) < 4.78 is 5.54. The molecule has 0 bridgehead atoms. The molecule has 0 aliphatic heterocycles. The summed E-state index contributed by atoms with van der Waals surface area (Å²) in [5, 5.41) is 13.8. The first-order valence-electron chi connectivity index (χ1n) is 7.22. The molecule has 0 atom stereocenters. The Kier molecular flexibility index (Phi) is 5.90. The summed E-state index contributed by atoms with van der Waals surface area (Å²) in [6, 6.07) is 11.2. The van der Waals surface area contributed by atoms with Gasteiger partial charge in [0.15, 0.2) is 0 Å². The number of halogens is 1. The van der Waals surface area contributed by atoms with Gasteiger partial charge in [0.2, 0.25) is 11.8 Å². The van der Waals surface area contributed by atoms with Crippen LogP contribution in [0.4, 0.5) is 0 Å². The number of hydrogen-bond donors (Lipinski definition) is 1. The van der Waals surface area contributed by atoms with E-state index in [0.717, 1.165) is 12.0 Å². The van der Waals surface area contributed by atoms with Gasteiger partial charge in [-0.05, 0) is 36.1 Å². The van der Waals surface area contributed by atoms with Gasteiger partial charge in [-0.2, -0.15) is 0 Å². The normalized spacial score (nSPS) is 10.7. The standard InChI is InChI=1S/C16H14ClN3O2S2/c17-12-4-1-3-11(9-12)15-19-20-16(22-15)24-10-14(21)18-7-6-13-5-2-8-23-13/h1-5,8-9H,6-7,10H2,(H,18,21). The Labute approximate surface area is 152 Å². The second kappa shape index (κ2) is 8.32. The molecule has 0 aliphatic carbocycles. The molecule has 1 amide bonds. The minimum absolute atomic E-state index is 0.0564. The SMILES string of the molecule is O=C(CSc1nnc(-c2cccc(Cl)c2)o1)NCCc1cccs1. The molecule has 0 saturated heterocycles. The molecule has 24 heavy (non-hydrogen) atoms. The van der Waals surface area contributed by atoms with Crippen molar-refractivity contribution in [2.24, 2.45) is 0 Å². The molecular formula is C16H14ClN3O2S2. The van der Waals surface area contributed by atoms with Crippen LogP contribution in [0.1, 0.15) is 4.88 Å². The largest absolute Gasteiger partial charge is 0.411 e. The van der Waals surface area contributed by atoms with Crippen molar-refractivity contribution < 1.29 is 9.21 Å². The topological polar surface area (TPSA) is 68.0 Å². The third kappa shape index (κ3) is 4.83. The summed E-state index contributed by atoms with van der Waals surface area (Å²) in [5.74, 6) is 0.568. The van der Waals surface area contributed by atoms with Crippen molar-refractivity contribution in [3.05, 3.63) is 51.7 Å². The van der Waals surface area contributed by atoms with Crippen LogP contribution in [-0.4, -0.2) is 28.4 Å². The summed E-state index contributed by atoms with van der Waals surface area (Å²) in [7, 11) is 0. The van der Waals surface area contributed by atoms with E-state index in [1.807, 2.05) is 23.6 Å². The van der Waals surface area contributed by atoms with Gasteiger partial charge < -0.3 is 9.73 Å². The molecule has 2 heterocycles. The van der Waals surface area contributed by atoms with Gasteiger partial charge in [0, 0.05) is 22.0 Å². The van der Waals surface area contributed by atoms with Gasteiger partial charge in [-0.1, -0.05) is 35.5 Å². The zero-order chi connectivity index (χ0) is 16.8. The van der Waals surface area contributed by atoms with Crippen molar-refractivity contribution in [3.63, 3.8) is 0 Å². The molecule has 2 aromatic heterocycles. The predicted molar refractivity (Wildman–Crippen MR) is 96.5 cm³/mol. The maximum Gasteiger partial charge on any atom is 0.277 e. The van der Waals surface area contributed by atoms with Crippen molar-refractivity contribution in [2.45, 2.75) is 11.6 Å². The molecule has 0 saturated carbocycles. The van der Waals surface area contributed by atoms with E-state index in [4.69, 9.17) is 16.0 Å². The summed E-state index contributed by atoms with van der Waals surface area (Å²) in [4.78, 5) is 13.1. The molecule has 5 nitrogen and oxygen atoms in total. The van der Waals surface area contributed by atoms with Crippen LogP contribution in [0.25, 0.3) is 11.5 Å². The molecule has 0 unspecified atom stereocenters. The zero-order valence-electron chi connectivity index (χ0n) is 12.6. The van der Waals surface area contributed by atoms with E-state index in [1.54, 1.807) is 23.5 Å². The van der Waals surface area contributed by atoms with Crippen LogP contribution in [0.2, 0.25) is 5.02 Å². The fourth-order valence-corrected chi connectivity index (χ4v) is 3.46. The highest BCUT2D eigenvalue weighted by Gasteiger charge is 2.11. The number of benzene rings is 1. The number of carbonyl (C=O) groups excluding carboxylic acids is 1. The quantitative estimate of drug-likeness (QED) is 0.630. The average molecular weight is 380 g/mol. The van der Waals surface area contributed by atoms with Crippen LogP contribution in [0.5, 0.6) is 0 Å². The van der Waals surface area contributed by atoms with Crippen molar-refractivity contribution in [2.75, 3.05) is 12.3 Å². The van der Waals surface area contributed by atoms with Gasteiger partial charge in [-0.15, -0.1) is 21.5 Å². The summed E-state index contributed by atoms with van der Waals surface area (Å²) in [5.41, 5.74) is 0.752. The van der Waals surface area contributed by atoms with Crippen LogP contribution in [0.3, 0.4) is 0 Å². The van der Waals surface area contributed by atoms with Crippen molar-refractivity contribution in [1.29, 1.82) is 0 Å². The van der Waals surface area contributed by atoms with E-state index in [1.165, 1.54) is 16.6 Å². The predicted octanol–water partition coefficient (Wildman–Crippen LogP) is 3.90. The molecule has 0 aliphatic rings. The summed E-state index contributed by atoms with van der Waals surface area (Å²) in [6.07, 6.45) is 0.841. The Hall–Kier alpha value is -1.83. The minimum atomic E-state index is -0.0564. The molecular weight excluding hydrogens is 366 g/mol. The highest BCUT2D eigenvalue weighted by molar-refractivity contribution is 7.99.